The molecule has 24 heavy (non-hydrogen) atoms. The maximum absolute atomic E-state index is 12.4. The molecule has 0 amide bonds. The Morgan fingerprint density at radius 1 is 1.42 bits per heavy atom. The average Bonchev–Trinajstić information content (AvgIpc) is 3.06. The third-order valence-electron chi connectivity index (χ3n) is 4.89. The van der Waals surface area contributed by atoms with Gasteiger partial charge in [-0.1, -0.05) is 12.1 Å². The van der Waals surface area contributed by atoms with Crippen molar-refractivity contribution in [3.8, 4) is 0 Å². The van der Waals surface area contributed by atoms with Crippen molar-refractivity contribution >= 4 is 22.6 Å². The number of carbonyl (C=O) groups excluding carboxylic acids is 1. The highest BCUT2D eigenvalue weighted by Gasteiger charge is 2.28. The van der Waals surface area contributed by atoms with Gasteiger partial charge in [0.2, 0.25) is 0 Å². The molecule has 0 bridgehead atoms. The van der Waals surface area contributed by atoms with Crippen LogP contribution in [0.1, 0.15) is 34.8 Å². The molecule has 1 N–H and O–H groups in total. The van der Waals surface area contributed by atoms with Crippen LogP contribution in [0.15, 0.2) is 18.3 Å². The molecule has 2 aromatic rings. The van der Waals surface area contributed by atoms with Crippen molar-refractivity contribution in [2.24, 2.45) is 5.92 Å². The van der Waals surface area contributed by atoms with Crippen molar-refractivity contribution in [3.63, 3.8) is 0 Å². The Morgan fingerprint density at radius 3 is 2.88 bits per heavy atom. The highest BCUT2D eigenvalue weighted by atomic mass is 16.5. The minimum Gasteiger partial charge on any atom is -0.462 e. The number of aliphatic hydroxyl groups is 1. The highest BCUT2D eigenvalue weighted by molar-refractivity contribution is 6.06. The Hall–Kier alpha value is -2.14. The molecular weight excluding hydrogens is 304 g/mol. The molecule has 128 valence electrons. The first-order valence-electron chi connectivity index (χ1n) is 8.48. The van der Waals surface area contributed by atoms with Crippen LogP contribution in [0.2, 0.25) is 0 Å². The smallest absolute Gasteiger partial charge is 0.341 e. The summed E-state index contributed by atoms with van der Waals surface area (Å²) >= 11 is 0. The van der Waals surface area contributed by atoms with Gasteiger partial charge < -0.3 is 14.7 Å². The first-order chi connectivity index (χ1) is 11.6. The molecule has 2 heterocycles. The third kappa shape index (κ3) is 2.84. The second-order valence-corrected chi connectivity index (χ2v) is 6.43. The van der Waals surface area contributed by atoms with E-state index >= 15 is 0 Å². The lowest BCUT2D eigenvalue weighted by molar-refractivity contribution is 0.0527. The predicted molar refractivity (Wildman–Crippen MR) is 94.6 cm³/mol. The Kier molecular flexibility index (Phi) is 4.71. The number of nitrogens with zero attached hydrogens (tertiary/aromatic N) is 2. The number of pyridine rings is 1. The van der Waals surface area contributed by atoms with Crippen molar-refractivity contribution in [3.05, 3.63) is 35.0 Å². The van der Waals surface area contributed by atoms with E-state index in [1.54, 1.807) is 13.1 Å². The maximum Gasteiger partial charge on any atom is 0.341 e. The van der Waals surface area contributed by atoms with Gasteiger partial charge in [-0.3, -0.25) is 4.98 Å². The van der Waals surface area contributed by atoms with Gasteiger partial charge in [-0.2, -0.15) is 0 Å². The first kappa shape index (κ1) is 16.7. The molecule has 1 saturated heterocycles. The van der Waals surface area contributed by atoms with E-state index in [2.05, 4.69) is 29.8 Å². The fraction of sp³-hybridized carbons (Fsp3) is 0.474. The minimum atomic E-state index is -0.340. The van der Waals surface area contributed by atoms with Crippen LogP contribution in [0.5, 0.6) is 0 Å². The van der Waals surface area contributed by atoms with Gasteiger partial charge in [-0.15, -0.1) is 0 Å². The van der Waals surface area contributed by atoms with E-state index in [1.165, 1.54) is 5.56 Å². The lowest BCUT2D eigenvalue weighted by atomic mass is 10.0. The fourth-order valence-corrected chi connectivity index (χ4v) is 3.38. The summed E-state index contributed by atoms with van der Waals surface area (Å²) in [6.07, 6.45) is 2.56. The summed E-state index contributed by atoms with van der Waals surface area (Å²) in [4.78, 5) is 19.2. The van der Waals surface area contributed by atoms with E-state index in [4.69, 9.17) is 4.74 Å². The van der Waals surface area contributed by atoms with E-state index in [1.807, 2.05) is 6.07 Å². The van der Waals surface area contributed by atoms with E-state index in [-0.39, 0.29) is 18.5 Å². The second-order valence-electron chi connectivity index (χ2n) is 6.43. The van der Waals surface area contributed by atoms with Gasteiger partial charge in [-0.05, 0) is 38.3 Å². The molecule has 0 aliphatic carbocycles. The molecule has 5 heteroatoms. The highest BCUT2D eigenvalue weighted by Crippen LogP contribution is 2.35. The summed E-state index contributed by atoms with van der Waals surface area (Å²) in [5, 5.41) is 10.4. The molecule has 1 fully saturated rings. The second kappa shape index (κ2) is 6.77. The van der Waals surface area contributed by atoms with Gasteiger partial charge in [-0.25, -0.2) is 4.79 Å². The van der Waals surface area contributed by atoms with E-state index in [0.717, 1.165) is 41.7 Å². The van der Waals surface area contributed by atoms with Crippen molar-refractivity contribution in [2.45, 2.75) is 27.2 Å². The Balaban J connectivity index is 2.18. The lowest BCUT2D eigenvalue weighted by Gasteiger charge is -2.23. The largest absolute Gasteiger partial charge is 0.462 e. The summed E-state index contributed by atoms with van der Waals surface area (Å²) in [7, 11) is 0. The van der Waals surface area contributed by atoms with Gasteiger partial charge in [0.25, 0.3) is 0 Å². The van der Waals surface area contributed by atoms with Crippen LogP contribution in [-0.4, -0.2) is 42.4 Å². The van der Waals surface area contributed by atoms with Crippen LogP contribution in [0.4, 0.5) is 5.69 Å². The third-order valence-corrected chi connectivity index (χ3v) is 4.89. The zero-order valence-corrected chi connectivity index (χ0v) is 14.5. The van der Waals surface area contributed by atoms with Gasteiger partial charge in [0.1, 0.15) is 5.56 Å². The zero-order valence-electron chi connectivity index (χ0n) is 14.5. The predicted octanol–water partition coefficient (Wildman–Crippen LogP) is 2.85. The Morgan fingerprint density at radius 2 is 2.21 bits per heavy atom. The number of esters is 1. The Labute approximate surface area is 142 Å². The number of rotatable bonds is 4. The van der Waals surface area contributed by atoms with Crippen molar-refractivity contribution in [2.75, 3.05) is 31.2 Å². The van der Waals surface area contributed by atoms with Gasteiger partial charge >= 0.3 is 5.97 Å². The minimum absolute atomic E-state index is 0.173. The van der Waals surface area contributed by atoms with Crippen LogP contribution in [0, 0.1) is 19.8 Å². The number of fused-ring (bicyclic) bond motifs is 1. The summed E-state index contributed by atoms with van der Waals surface area (Å²) in [6, 6.07) is 4.10. The number of carbonyl (C=O) groups is 1. The molecule has 1 aromatic heterocycles. The number of anilines is 1. The molecule has 5 nitrogen and oxygen atoms in total. The van der Waals surface area contributed by atoms with E-state index in [0.29, 0.717) is 12.2 Å². The van der Waals surface area contributed by atoms with Gasteiger partial charge in [0.05, 0.1) is 17.8 Å². The Bertz CT molecular complexity index is 773. The number of hydrogen-bond acceptors (Lipinski definition) is 5. The summed E-state index contributed by atoms with van der Waals surface area (Å²) in [5.74, 6) is -0.0950. The number of hydrogen-bond donors (Lipinski definition) is 1. The SMILES string of the molecule is CCOC(=O)c1cnc2c(C)c(C)ccc2c1N1CCC(CO)C1. The molecule has 0 radical (unpaired) electrons. The van der Waals surface area contributed by atoms with Crippen molar-refractivity contribution < 1.29 is 14.6 Å². The molecule has 1 aromatic carbocycles. The first-order valence-corrected chi connectivity index (χ1v) is 8.48. The summed E-state index contributed by atoms with van der Waals surface area (Å²) in [5.41, 5.74) is 4.62. The number of aryl methyl sites for hydroxylation is 2. The molecule has 1 atom stereocenters. The average molecular weight is 328 g/mol. The summed E-state index contributed by atoms with van der Waals surface area (Å²) in [6.45, 7) is 8.00. The molecule has 1 aliphatic heterocycles. The fourth-order valence-electron chi connectivity index (χ4n) is 3.38. The van der Waals surface area contributed by atoms with E-state index in [9.17, 15) is 9.90 Å². The normalized spacial score (nSPS) is 17.5. The van der Waals surface area contributed by atoms with Crippen LogP contribution in [0.3, 0.4) is 0 Å². The van der Waals surface area contributed by atoms with Crippen LogP contribution in [0.25, 0.3) is 10.9 Å². The number of aromatic nitrogens is 1. The quantitative estimate of drug-likeness (QED) is 0.875. The molecule has 0 saturated carbocycles. The molecule has 0 spiro atoms. The standard InChI is InChI=1S/C19H24N2O3/c1-4-24-19(23)16-9-20-17-13(3)12(2)5-6-15(17)18(16)21-8-7-14(10-21)11-22/h5-6,9,14,22H,4,7-8,10-11H2,1-3H3. The van der Waals surface area contributed by atoms with Crippen molar-refractivity contribution in [1.82, 2.24) is 4.98 Å². The molecule has 1 aliphatic rings. The van der Waals surface area contributed by atoms with Gasteiger partial charge in [0, 0.05) is 37.2 Å². The van der Waals surface area contributed by atoms with E-state index < -0.39 is 0 Å². The number of benzene rings is 1. The maximum atomic E-state index is 12.4. The lowest BCUT2D eigenvalue weighted by Crippen LogP contribution is -2.24. The monoisotopic (exact) mass is 328 g/mol. The topological polar surface area (TPSA) is 62.7 Å². The molecule has 1 unspecified atom stereocenters. The van der Waals surface area contributed by atoms with Crippen LogP contribution >= 0.6 is 0 Å². The summed E-state index contributed by atoms with van der Waals surface area (Å²) < 4.78 is 5.23. The molecular formula is C19H24N2O3. The zero-order chi connectivity index (χ0) is 17.3. The van der Waals surface area contributed by atoms with Crippen LogP contribution < -0.4 is 4.90 Å². The number of aliphatic hydroxyl groups excluding tert-OH is 1. The number of ether oxygens (including phenoxy) is 1. The molecule has 3 rings (SSSR count). The van der Waals surface area contributed by atoms with Gasteiger partial charge in [0.15, 0.2) is 0 Å². The van der Waals surface area contributed by atoms with Crippen LogP contribution in [-0.2, 0) is 4.74 Å². The van der Waals surface area contributed by atoms with Crippen molar-refractivity contribution in [1.29, 1.82) is 0 Å².